The molecule has 0 amide bonds. The van der Waals surface area contributed by atoms with Gasteiger partial charge in [-0.3, -0.25) is 9.67 Å². The molecule has 1 aliphatic rings. The van der Waals surface area contributed by atoms with E-state index in [4.69, 9.17) is 0 Å². The molecule has 0 aliphatic heterocycles. The van der Waals surface area contributed by atoms with Gasteiger partial charge in [0.1, 0.15) is 5.82 Å². The maximum Gasteiger partial charge on any atom is 0.191 e. The van der Waals surface area contributed by atoms with E-state index < -0.39 is 0 Å². The number of aromatic nitrogens is 2. The third-order valence-corrected chi connectivity index (χ3v) is 5.68. The molecule has 2 aromatic rings. The van der Waals surface area contributed by atoms with E-state index in [1.807, 2.05) is 23.9 Å². The number of aliphatic imine (C=N–C) groups is 1. The van der Waals surface area contributed by atoms with Crippen molar-refractivity contribution in [2.45, 2.75) is 51.5 Å². The van der Waals surface area contributed by atoms with Crippen LogP contribution in [0.4, 0.5) is 4.39 Å². The molecule has 1 saturated carbocycles. The van der Waals surface area contributed by atoms with Gasteiger partial charge in [-0.15, -0.1) is 24.0 Å². The molecule has 28 heavy (non-hydrogen) atoms. The van der Waals surface area contributed by atoms with Gasteiger partial charge in [0.05, 0.1) is 5.69 Å². The number of benzene rings is 1. The number of aryl methyl sites for hydroxylation is 2. The van der Waals surface area contributed by atoms with Gasteiger partial charge in [-0.05, 0) is 63.3 Å². The molecule has 3 rings (SSSR count). The first-order valence-electron chi connectivity index (χ1n) is 9.57. The second kappa shape index (κ2) is 9.24. The number of nitrogens with zero attached hydrogens (tertiary/aromatic N) is 3. The second-order valence-corrected chi connectivity index (χ2v) is 7.74. The van der Waals surface area contributed by atoms with Crippen molar-refractivity contribution in [2.75, 3.05) is 13.6 Å². The molecule has 1 aromatic heterocycles. The molecule has 2 N–H and O–H groups in total. The Balaban J connectivity index is 0.00000280. The number of rotatable bonds is 6. The lowest BCUT2D eigenvalue weighted by molar-refractivity contribution is 0.602. The Morgan fingerprint density at radius 1 is 1.29 bits per heavy atom. The molecule has 0 bridgehead atoms. The zero-order valence-corrected chi connectivity index (χ0v) is 19.7. The topological polar surface area (TPSA) is 54.2 Å². The van der Waals surface area contributed by atoms with Crippen molar-refractivity contribution in [3.8, 4) is 0 Å². The summed E-state index contributed by atoms with van der Waals surface area (Å²) in [6, 6.07) is 7.12. The highest BCUT2D eigenvalue weighted by atomic mass is 127. The summed E-state index contributed by atoms with van der Waals surface area (Å²) in [6.07, 6.45) is 3.13. The van der Waals surface area contributed by atoms with E-state index in [1.165, 1.54) is 16.8 Å². The maximum absolute atomic E-state index is 13.2. The van der Waals surface area contributed by atoms with Crippen LogP contribution in [0.25, 0.3) is 0 Å². The van der Waals surface area contributed by atoms with E-state index in [-0.39, 0.29) is 41.3 Å². The number of hydrogen-bond acceptors (Lipinski definition) is 2. The lowest BCUT2D eigenvalue weighted by atomic mass is 9.96. The van der Waals surface area contributed by atoms with Crippen molar-refractivity contribution in [3.05, 3.63) is 52.6 Å². The van der Waals surface area contributed by atoms with Crippen LogP contribution in [0.1, 0.15) is 42.3 Å². The van der Waals surface area contributed by atoms with E-state index in [1.54, 1.807) is 19.2 Å². The molecule has 7 heteroatoms. The first-order chi connectivity index (χ1) is 12.8. The second-order valence-electron chi connectivity index (χ2n) is 7.74. The summed E-state index contributed by atoms with van der Waals surface area (Å²) >= 11 is 0. The molecule has 5 nitrogen and oxygen atoms in total. The van der Waals surface area contributed by atoms with Crippen LogP contribution in [-0.4, -0.2) is 35.4 Å². The molecule has 1 heterocycles. The Labute approximate surface area is 184 Å². The third-order valence-electron chi connectivity index (χ3n) is 5.68. The van der Waals surface area contributed by atoms with Gasteiger partial charge in [0.2, 0.25) is 0 Å². The SMILES string of the molecule is CN=C(NCC1(c2ccc(F)cc2)CC1)NC(C)Cc1c(C)nn(C)c1C.I. The summed E-state index contributed by atoms with van der Waals surface area (Å²) in [4.78, 5) is 4.37. The fraction of sp³-hybridized carbons (Fsp3) is 0.524. The zero-order chi connectivity index (χ0) is 19.6. The quantitative estimate of drug-likeness (QED) is 0.363. The summed E-state index contributed by atoms with van der Waals surface area (Å²) in [6.45, 7) is 7.12. The minimum absolute atomic E-state index is 0. The minimum atomic E-state index is -0.185. The summed E-state index contributed by atoms with van der Waals surface area (Å²) in [7, 11) is 3.77. The van der Waals surface area contributed by atoms with Crippen LogP contribution in [0, 0.1) is 19.7 Å². The van der Waals surface area contributed by atoms with Gasteiger partial charge < -0.3 is 10.6 Å². The van der Waals surface area contributed by atoms with Crippen molar-refractivity contribution in [2.24, 2.45) is 12.0 Å². The third kappa shape index (κ3) is 5.04. The number of nitrogens with one attached hydrogen (secondary N) is 2. The number of hydrogen-bond donors (Lipinski definition) is 2. The average Bonchev–Trinajstić information content (AvgIpc) is 3.39. The molecule has 1 aromatic carbocycles. The van der Waals surface area contributed by atoms with Gasteiger partial charge in [-0.25, -0.2) is 4.39 Å². The van der Waals surface area contributed by atoms with Crippen LogP contribution in [0.2, 0.25) is 0 Å². The molecule has 1 fully saturated rings. The largest absolute Gasteiger partial charge is 0.356 e. The summed E-state index contributed by atoms with van der Waals surface area (Å²) in [5.41, 5.74) is 4.88. The van der Waals surface area contributed by atoms with Gasteiger partial charge in [0.25, 0.3) is 0 Å². The van der Waals surface area contributed by atoms with Crippen molar-refractivity contribution in [3.63, 3.8) is 0 Å². The predicted octanol–water partition coefficient (Wildman–Crippen LogP) is 3.62. The van der Waals surface area contributed by atoms with Gasteiger partial charge in [0.15, 0.2) is 5.96 Å². The van der Waals surface area contributed by atoms with Crippen LogP contribution < -0.4 is 10.6 Å². The summed E-state index contributed by atoms with van der Waals surface area (Å²) in [5, 5.41) is 11.4. The molecule has 0 radical (unpaired) electrons. The maximum atomic E-state index is 13.2. The molecule has 0 saturated heterocycles. The van der Waals surface area contributed by atoms with Crippen LogP contribution in [0.15, 0.2) is 29.3 Å². The van der Waals surface area contributed by atoms with E-state index in [0.29, 0.717) is 0 Å². The van der Waals surface area contributed by atoms with Crippen molar-refractivity contribution < 1.29 is 4.39 Å². The normalized spacial score (nSPS) is 16.3. The van der Waals surface area contributed by atoms with Gasteiger partial charge >= 0.3 is 0 Å². The molecule has 1 unspecified atom stereocenters. The van der Waals surface area contributed by atoms with Crippen LogP contribution in [0.3, 0.4) is 0 Å². The van der Waals surface area contributed by atoms with Gasteiger partial charge in [-0.1, -0.05) is 12.1 Å². The Morgan fingerprint density at radius 2 is 1.93 bits per heavy atom. The lowest BCUT2D eigenvalue weighted by Crippen LogP contribution is -2.45. The van der Waals surface area contributed by atoms with Gasteiger partial charge in [0, 0.05) is 37.8 Å². The Hall–Kier alpha value is -1.64. The smallest absolute Gasteiger partial charge is 0.191 e. The fourth-order valence-corrected chi connectivity index (χ4v) is 3.67. The van der Waals surface area contributed by atoms with Crippen molar-refractivity contribution in [1.29, 1.82) is 0 Å². The van der Waals surface area contributed by atoms with Crippen LogP contribution in [-0.2, 0) is 18.9 Å². The molecular formula is C21H31FIN5. The Bertz CT molecular complexity index is 824. The minimum Gasteiger partial charge on any atom is -0.356 e. The highest BCUT2D eigenvalue weighted by Crippen LogP contribution is 2.47. The highest BCUT2D eigenvalue weighted by Gasteiger charge is 2.44. The zero-order valence-electron chi connectivity index (χ0n) is 17.3. The monoisotopic (exact) mass is 499 g/mol. The average molecular weight is 499 g/mol. The van der Waals surface area contributed by atoms with Crippen molar-refractivity contribution >= 4 is 29.9 Å². The highest BCUT2D eigenvalue weighted by molar-refractivity contribution is 14.0. The standard InChI is InChI=1S/C21H30FN5.HI/c1-14(12-19-15(2)26-27(5)16(19)3)25-20(23-4)24-13-21(10-11-21)17-6-8-18(22)9-7-17;/h6-9,14H,10-13H2,1-5H3,(H2,23,24,25);1H. The fourth-order valence-electron chi connectivity index (χ4n) is 3.67. The van der Waals surface area contributed by atoms with Crippen molar-refractivity contribution in [1.82, 2.24) is 20.4 Å². The van der Waals surface area contributed by atoms with Gasteiger partial charge in [-0.2, -0.15) is 5.10 Å². The molecule has 154 valence electrons. The number of halogens is 2. The molecule has 1 atom stereocenters. The first-order valence-corrected chi connectivity index (χ1v) is 9.57. The van der Waals surface area contributed by atoms with E-state index in [0.717, 1.165) is 37.5 Å². The van der Waals surface area contributed by atoms with E-state index in [2.05, 4.69) is 41.5 Å². The predicted molar refractivity (Wildman–Crippen MR) is 123 cm³/mol. The first kappa shape index (κ1) is 22.6. The summed E-state index contributed by atoms with van der Waals surface area (Å²) in [5.74, 6) is 0.616. The summed E-state index contributed by atoms with van der Waals surface area (Å²) < 4.78 is 15.1. The molecule has 1 aliphatic carbocycles. The van der Waals surface area contributed by atoms with Crippen LogP contribution >= 0.6 is 24.0 Å². The van der Waals surface area contributed by atoms with E-state index >= 15 is 0 Å². The number of guanidine groups is 1. The van der Waals surface area contributed by atoms with Crippen LogP contribution in [0.5, 0.6) is 0 Å². The Kier molecular flexibility index (Phi) is 7.47. The molecule has 0 spiro atoms. The van der Waals surface area contributed by atoms with E-state index in [9.17, 15) is 4.39 Å². The Morgan fingerprint density at radius 3 is 2.43 bits per heavy atom. The lowest BCUT2D eigenvalue weighted by Gasteiger charge is -2.22. The molecular weight excluding hydrogens is 468 g/mol.